The molecule has 2 aliphatic heterocycles. The van der Waals surface area contributed by atoms with Gasteiger partial charge >= 0.3 is 5.97 Å². The van der Waals surface area contributed by atoms with E-state index in [4.69, 9.17) is 9.16 Å². The number of rotatable bonds is 7. The molecule has 2 fully saturated rings. The van der Waals surface area contributed by atoms with E-state index in [2.05, 4.69) is 26.2 Å². The van der Waals surface area contributed by atoms with Gasteiger partial charge in [0.1, 0.15) is 12.6 Å². The minimum atomic E-state index is -1.75. The molecule has 1 aromatic heterocycles. The molecule has 1 aromatic rings. The lowest BCUT2D eigenvalue weighted by Gasteiger charge is -2.47. The zero-order chi connectivity index (χ0) is 19.1. The van der Waals surface area contributed by atoms with Gasteiger partial charge in [0.2, 0.25) is 5.91 Å². The van der Waals surface area contributed by atoms with E-state index < -0.39 is 14.4 Å². The van der Waals surface area contributed by atoms with Gasteiger partial charge in [-0.1, -0.05) is 18.7 Å². The number of thioether (sulfide) groups is 1. The maximum Gasteiger partial charge on any atom is 0.330 e. The molecular formula is C18H25NO4S2Si. The van der Waals surface area contributed by atoms with Crippen LogP contribution in [0.1, 0.15) is 17.1 Å². The molecule has 142 valence electrons. The Morgan fingerprint density at radius 3 is 2.77 bits per heavy atom. The van der Waals surface area contributed by atoms with E-state index in [1.54, 1.807) is 34.1 Å². The Bertz CT molecular complexity index is 688. The second-order valence-electron chi connectivity index (χ2n) is 7.53. The third-order valence-corrected chi connectivity index (χ3v) is 8.23. The highest BCUT2D eigenvalue weighted by molar-refractivity contribution is 8.00. The van der Waals surface area contributed by atoms with Crippen LogP contribution in [-0.2, 0) is 18.8 Å². The predicted octanol–water partition coefficient (Wildman–Crippen LogP) is 3.66. The van der Waals surface area contributed by atoms with Crippen molar-refractivity contribution in [3.63, 3.8) is 0 Å². The molecule has 3 rings (SSSR count). The first-order chi connectivity index (χ1) is 12.2. The topological polar surface area (TPSA) is 55.8 Å². The summed E-state index contributed by atoms with van der Waals surface area (Å²) in [6.07, 6.45) is 1.40. The fraction of sp³-hybridized carbons (Fsp3) is 0.556. The SMILES string of the molecule is C=CCOC(=O)C1C(c2cccs2)SC2C(C(C)O[Si](C)(C)C)C(=O)N21. The molecule has 5 unspecified atom stereocenters. The van der Waals surface area contributed by atoms with Gasteiger partial charge in [0.25, 0.3) is 0 Å². The minimum Gasteiger partial charge on any atom is -0.460 e. The first kappa shape index (κ1) is 19.7. The smallest absolute Gasteiger partial charge is 0.330 e. The number of hydrogen-bond donors (Lipinski definition) is 0. The summed E-state index contributed by atoms with van der Waals surface area (Å²) in [5.41, 5.74) is 0. The Balaban J connectivity index is 1.82. The van der Waals surface area contributed by atoms with E-state index in [1.807, 2.05) is 24.4 Å². The minimum absolute atomic E-state index is 0.00661. The van der Waals surface area contributed by atoms with Gasteiger partial charge in [0, 0.05) is 4.88 Å². The molecule has 0 aliphatic carbocycles. The van der Waals surface area contributed by atoms with Crippen molar-refractivity contribution in [2.45, 2.75) is 49.3 Å². The van der Waals surface area contributed by atoms with Crippen LogP contribution in [0, 0.1) is 5.92 Å². The Hall–Kier alpha value is -1.09. The van der Waals surface area contributed by atoms with Gasteiger partial charge in [-0.05, 0) is 38.0 Å². The Kier molecular flexibility index (Phi) is 5.67. The molecule has 0 saturated carbocycles. The van der Waals surface area contributed by atoms with E-state index in [0.29, 0.717) is 0 Å². The number of nitrogens with zero attached hydrogens (tertiary/aromatic N) is 1. The molecule has 2 saturated heterocycles. The summed E-state index contributed by atoms with van der Waals surface area (Å²) in [5.74, 6) is -0.567. The van der Waals surface area contributed by atoms with Gasteiger partial charge in [0.05, 0.1) is 22.6 Å². The summed E-state index contributed by atoms with van der Waals surface area (Å²) in [6, 6.07) is 3.41. The van der Waals surface area contributed by atoms with Gasteiger partial charge in [0.15, 0.2) is 8.32 Å². The third kappa shape index (κ3) is 3.65. The number of fused-ring (bicyclic) bond motifs is 1. The van der Waals surface area contributed by atoms with E-state index in [1.165, 1.54) is 0 Å². The number of esters is 1. The number of β-lactam (4-membered cyclic amide) rings is 1. The molecule has 0 spiro atoms. The second-order valence-corrected chi connectivity index (χ2v) is 14.2. The second kappa shape index (κ2) is 7.50. The molecule has 26 heavy (non-hydrogen) atoms. The van der Waals surface area contributed by atoms with Crippen molar-refractivity contribution < 1.29 is 18.8 Å². The highest BCUT2D eigenvalue weighted by atomic mass is 32.2. The molecule has 3 heterocycles. The number of amides is 1. The number of thiophene rings is 1. The molecule has 0 bridgehead atoms. The lowest BCUT2D eigenvalue weighted by Crippen LogP contribution is -2.65. The average Bonchev–Trinajstić information content (AvgIpc) is 3.16. The largest absolute Gasteiger partial charge is 0.460 e. The number of ether oxygens (including phenoxy) is 1. The summed E-state index contributed by atoms with van der Waals surface area (Å²) in [6.45, 7) is 12.1. The summed E-state index contributed by atoms with van der Waals surface area (Å²) >= 11 is 3.29. The monoisotopic (exact) mass is 411 g/mol. The molecule has 1 amide bonds. The number of carbonyl (C=O) groups excluding carboxylic acids is 2. The quantitative estimate of drug-likeness (QED) is 0.297. The van der Waals surface area contributed by atoms with Crippen molar-refractivity contribution in [1.82, 2.24) is 4.90 Å². The van der Waals surface area contributed by atoms with Crippen LogP contribution in [0.15, 0.2) is 30.2 Å². The van der Waals surface area contributed by atoms with Crippen molar-refractivity contribution in [1.29, 1.82) is 0 Å². The lowest BCUT2D eigenvalue weighted by atomic mass is 9.90. The first-order valence-electron chi connectivity index (χ1n) is 8.71. The highest BCUT2D eigenvalue weighted by Crippen LogP contribution is 2.56. The average molecular weight is 412 g/mol. The Morgan fingerprint density at radius 1 is 1.46 bits per heavy atom. The van der Waals surface area contributed by atoms with E-state index >= 15 is 0 Å². The highest BCUT2D eigenvalue weighted by Gasteiger charge is 2.63. The lowest BCUT2D eigenvalue weighted by molar-refractivity contribution is -0.168. The van der Waals surface area contributed by atoms with Crippen molar-refractivity contribution in [3.05, 3.63) is 35.0 Å². The molecule has 0 N–H and O–H groups in total. The molecule has 2 aliphatic rings. The van der Waals surface area contributed by atoms with Crippen LogP contribution in [0.5, 0.6) is 0 Å². The van der Waals surface area contributed by atoms with Gasteiger partial charge in [-0.2, -0.15) is 0 Å². The maximum atomic E-state index is 12.9. The van der Waals surface area contributed by atoms with Crippen LogP contribution in [0.4, 0.5) is 0 Å². The molecule has 5 atom stereocenters. The van der Waals surface area contributed by atoms with Crippen LogP contribution in [-0.4, -0.2) is 49.2 Å². The maximum absolute atomic E-state index is 12.9. The summed E-state index contributed by atoms with van der Waals surface area (Å²) < 4.78 is 11.5. The summed E-state index contributed by atoms with van der Waals surface area (Å²) in [7, 11) is -1.75. The Morgan fingerprint density at radius 2 is 2.19 bits per heavy atom. The van der Waals surface area contributed by atoms with Gasteiger partial charge < -0.3 is 14.1 Å². The summed E-state index contributed by atoms with van der Waals surface area (Å²) in [4.78, 5) is 28.3. The van der Waals surface area contributed by atoms with E-state index in [-0.39, 0.29) is 41.1 Å². The predicted molar refractivity (Wildman–Crippen MR) is 108 cm³/mol. The van der Waals surface area contributed by atoms with Crippen molar-refractivity contribution >= 4 is 43.3 Å². The van der Waals surface area contributed by atoms with Gasteiger partial charge in [-0.25, -0.2) is 4.79 Å². The van der Waals surface area contributed by atoms with Crippen LogP contribution >= 0.6 is 23.1 Å². The summed E-state index contributed by atoms with van der Waals surface area (Å²) in [5, 5.41) is 1.86. The zero-order valence-corrected chi connectivity index (χ0v) is 18.1. The normalized spacial score (nSPS) is 29.1. The molecule has 0 aromatic carbocycles. The number of hydrogen-bond acceptors (Lipinski definition) is 6. The van der Waals surface area contributed by atoms with Crippen molar-refractivity contribution in [2.75, 3.05) is 6.61 Å². The standard InChI is InChI=1S/C18H25NO4S2Si/c1-6-9-22-18(21)14-15(12-8-7-10-24-12)25-17-13(16(20)19(14)17)11(2)23-26(3,4)5/h6-8,10-11,13-15,17H,1,9H2,2-5H3. The third-order valence-electron chi connectivity index (χ3n) is 4.45. The van der Waals surface area contributed by atoms with Crippen LogP contribution in [0.25, 0.3) is 0 Å². The number of carbonyl (C=O) groups is 2. The van der Waals surface area contributed by atoms with E-state index in [9.17, 15) is 9.59 Å². The fourth-order valence-corrected chi connectivity index (χ4v) is 7.64. The molecule has 8 heteroatoms. The molecule has 0 radical (unpaired) electrons. The molecule has 5 nitrogen and oxygen atoms in total. The Labute approximate surface area is 163 Å². The van der Waals surface area contributed by atoms with Gasteiger partial charge in [-0.15, -0.1) is 23.1 Å². The van der Waals surface area contributed by atoms with Crippen LogP contribution in [0.3, 0.4) is 0 Å². The fourth-order valence-electron chi connectivity index (χ4n) is 3.53. The van der Waals surface area contributed by atoms with Crippen molar-refractivity contribution in [2.24, 2.45) is 5.92 Å². The van der Waals surface area contributed by atoms with Crippen LogP contribution in [0.2, 0.25) is 19.6 Å². The van der Waals surface area contributed by atoms with Crippen molar-refractivity contribution in [3.8, 4) is 0 Å². The molecular weight excluding hydrogens is 386 g/mol. The van der Waals surface area contributed by atoms with E-state index in [0.717, 1.165) is 4.88 Å². The van der Waals surface area contributed by atoms with Crippen LogP contribution < -0.4 is 0 Å². The zero-order valence-electron chi connectivity index (χ0n) is 15.5. The van der Waals surface area contributed by atoms with Gasteiger partial charge in [-0.3, -0.25) is 4.79 Å². The first-order valence-corrected chi connectivity index (χ1v) is 13.9.